The van der Waals surface area contributed by atoms with Crippen LogP contribution in [0.2, 0.25) is 0 Å². The van der Waals surface area contributed by atoms with E-state index in [0.29, 0.717) is 6.42 Å². The smallest absolute Gasteiger partial charge is 0.163 e. The molecule has 0 radical (unpaired) electrons. The van der Waals surface area contributed by atoms with Gasteiger partial charge in [-0.1, -0.05) is 35.9 Å². The first kappa shape index (κ1) is 14.5. The van der Waals surface area contributed by atoms with Gasteiger partial charge in [0.1, 0.15) is 0 Å². The second kappa shape index (κ2) is 6.04. The number of benzene rings is 2. The molecule has 0 bridgehead atoms. The third-order valence-corrected chi connectivity index (χ3v) is 3.86. The van der Waals surface area contributed by atoms with Gasteiger partial charge in [0.15, 0.2) is 5.78 Å². The Kier molecular flexibility index (Phi) is 4.39. The Balaban J connectivity index is 2.11. The molecule has 0 aliphatic rings. The Labute approximate surface area is 121 Å². The summed E-state index contributed by atoms with van der Waals surface area (Å²) in [7, 11) is 0. The minimum Gasteiger partial charge on any atom is -0.294 e. The molecule has 0 amide bonds. The van der Waals surface area contributed by atoms with E-state index in [9.17, 15) is 4.79 Å². The van der Waals surface area contributed by atoms with Crippen LogP contribution in [0.15, 0.2) is 36.4 Å². The summed E-state index contributed by atoms with van der Waals surface area (Å²) in [6, 6.07) is 12.5. The van der Waals surface area contributed by atoms with Crippen LogP contribution in [0.4, 0.5) is 0 Å². The number of hydrogen-bond acceptors (Lipinski definition) is 1. The molecule has 20 heavy (non-hydrogen) atoms. The molecule has 2 aromatic carbocycles. The summed E-state index contributed by atoms with van der Waals surface area (Å²) in [6.45, 7) is 8.25. The molecule has 0 aliphatic heterocycles. The van der Waals surface area contributed by atoms with Crippen molar-refractivity contribution in [3.63, 3.8) is 0 Å². The molecule has 0 saturated carbocycles. The number of aryl methyl sites for hydroxylation is 5. The normalized spacial score (nSPS) is 10.6. The Morgan fingerprint density at radius 2 is 1.60 bits per heavy atom. The van der Waals surface area contributed by atoms with Gasteiger partial charge in [-0.3, -0.25) is 4.79 Å². The SMILES string of the molecule is Cc1cccc(CCC(=O)c2cc(C)c(C)cc2C)c1. The molecule has 1 heteroatoms. The third-order valence-electron chi connectivity index (χ3n) is 3.86. The van der Waals surface area contributed by atoms with E-state index in [1.54, 1.807) is 0 Å². The summed E-state index contributed by atoms with van der Waals surface area (Å²) in [5.41, 5.74) is 6.88. The molecule has 104 valence electrons. The van der Waals surface area contributed by atoms with Gasteiger partial charge in [0.05, 0.1) is 0 Å². The van der Waals surface area contributed by atoms with Gasteiger partial charge in [0, 0.05) is 12.0 Å². The van der Waals surface area contributed by atoms with Crippen LogP contribution in [0.1, 0.15) is 44.6 Å². The average molecular weight is 266 g/mol. The van der Waals surface area contributed by atoms with Crippen LogP contribution in [0.5, 0.6) is 0 Å². The standard InChI is InChI=1S/C19H22O/c1-13-6-5-7-17(10-13)8-9-19(20)18-12-15(3)14(2)11-16(18)4/h5-7,10-12H,8-9H2,1-4H3. The van der Waals surface area contributed by atoms with E-state index in [2.05, 4.69) is 51.1 Å². The Morgan fingerprint density at radius 3 is 2.30 bits per heavy atom. The lowest BCUT2D eigenvalue weighted by Crippen LogP contribution is -2.05. The Morgan fingerprint density at radius 1 is 0.900 bits per heavy atom. The van der Waals surface area contributed by atoms with E-state index >= 15 is 0 Å². The second-order valence-corrected chi connectivity index (χ2v) is 5.66. The van der Waals surface area contributed by atoms with Gasteiger partial charge < -0.3 is 0 Å². The lowest BCUT2D eigenvalue weighted by molar-refractivity contribution is 0.0982. The van der Waals surface area contributed by atoms with Crippen LogP contribution in [0.3, 0.4) is 0 Å². The predicted molar refractivity (Wildman–Crippen MR) is 84.5 cm³/mol. The van der Waals surface area contributed by atoms with Crippen LogP contribution >= 0.6 is 0 Å². The number of ketones is 1. The number of rotatable bonds is 4. The highest BCUT2D eigenvalue weighted by atomic mass is 16.1. The highest BCUT2D eigenvalue weighted by Gasteiger charge is 2.10. The minimum absolute atomic E-state index is 0.243. The maximum absolute atomic E-state index is 12.4. The fourth-order valence-electron chi connectivity index (χ4n) is 2.52. The zero-order valence-corrected chi connectivity index (χ0v) is 12.8. The highest BCUT2D eigenvalue weighted by molar-refractivity contribution is 5.97. The minimum atomic E-state index is 0.243. The molecule has 0 fully saturated rings. The molecule has 0 unspecified atom stereocenters. The van der Waals surface area contributed by atoms with Gasteiger partial charge in [-0.15, -0.1) is 0 Å². The Hall–Kier alpha value is -1.89. The van der Waals surface area contributed by atoms with E-state index in [1.165, 1.54) is 22.3 Å². The van der Waals surface area contributed by atoms with Crippen molar-refractivity contribution in [2.75, 3.05) is 0 Å². The van der Waals surface area contributed by atoms with Crippen molar-refractivity contribution in [2.24, 2.45) is 0 Å². The molecule has 0 aliphatic carbocycles. The van der Waals surface area contributed by atoms with Crippen LogP contribution in [0, 0.1) is 27.7 Å². The molecular formula is C19H22O. The number of Topliss-reactive ketones (excluding diaryl/α,β-unsaturated/α-hetero) is 1. The van der Waals surface area contributed by atoms with Gasteiger partial charge in [-0.25, -0.2) is 0 Å². The van der Waals surface area contributed by atoms with Crippen LogP contribution in [-0.4, -0.2) is 5.78 Å². The lowest BCUT2D eigenvalue weighted by atomic mass is 9.95. The lowest BCUT2D eigenvalue weighted by Gasteiger charge is -2.09. The van der Waals surface area contributed by atoms with Crippen molar-refractivity contribution in [3.05, 3.63) is 69.8 Å². The average Bonchev–Trinajstić information content (AvgIpc) is 2.40. The molecule has 0 heterocycles. The Bertz CT molecular complexity index is 638. The summed E-state index contributed by atoms with van der Waals surface area (Å²) in [6.07, 6.45) is 1.39. The molecule has 0 spiro atoms. The van der Waals surface area contributed by atoms with E-state index in [1.807, 2.05) is 13.0 Å². The summed E-state index contributed by atoms with van der Waals surface area (Å²) in [4.78, 5) is 12.4. The molecule has 0 N–H and O–H groups in total. The first-order chi connectivity index (χ1) is 9.47. The summed E-state index contributed by atoms with van der Waals surface area (Å²) in [5.74, 6) is 0.243. The maximum atomic E-state index is 12.4. The van der Waals surface area contributed by atoms with Crippen LogP contribution < -0.4 is 0 Å². The number of carbonyl (C=O) groups excluding carboxylic acids is 1. The topological polar surface area (TPSA) is 17.1 Å². The summed E-state index contributed by atoms with van der Waals surface area (Å²) in [5, 5.41) is 0. The highest BCUT2D eigenvalue weighted by Crippen LogP contribution is 2.18. The molecule has 1 nitrogen and oxygen atoms in total. The first-order valence-corrected chi connectivity index (χ1v) is 7.14. The molecule has 0 aromatic heterocycles. The number of carbonyl (C=O) groups is 1. The van der Waals surface area contributed by atoms with Crippen molar-refractivity contribution in [1.29, 1.82) is 0 Å². The van der Waals surface area contributed by atoms with E-state index in [0.717, 1.165) is 17.5 Å². The first-order valence-electron chi connectivity index (χ1n) is 7.14. The van der Waals surface area contributed by atoms with Crippen molar-refractivity contribution in [1.82, 2.24) is 0 Å². The van der Waals surface area contributed by atoms with Gasteiger partial charge >= 0.3 is 0 Å². The van der Waals surface area contributed by atoms with Crippen molar-refractivity contribution < 1.29 is 4.79 Å². The summed E-state index contributed by atoms with van der Waals surface area (Å²) < 4.78 is 0. The van der Waals surface area contributed by atoms with Crippen molar-refractivity contribution >= 4 is 5.78 Å². The molecule has 2 rings (SSSR count). The zero-order chi connectivity index (χ0) is 14.7. The van der Waals surface area contributed by atoms with E-state index in [-0.39, 0.29) is 5.78 Å². The van der Waals surface area contributed by atoms with Crippen LogP contribution in [0.25, 0.3) is 0 Å². The molecule has 0 atom stereocenters. The van der Waals surface area contributed by atoms with E-state index in [4.69, 9.17) is 0 Å². The predicted octanol–water partition coefficient (Wildman–Crippen LogP) is 4.74. The maximum Gasteiger partial charge on any atom is 0.163 e. The van der Waals surface area contributed by atoms with Gasteiger partial charge in [0.25, 0.3) is 0 Å². The van der Waals surface area contributed by atoms with Crippen molar-refractivity contribution in [2.45, 2.75) is 40.5 Å². The molecular weight excluding hydrogens is 244 g/mol. The monoisotopic (exact) mass is 266 g/mol. The van der Waals surface area contributed by atoms with Gasteiger partial charge in [-0.05, 0) is 62.4 Å². The van der Waals surface area contributed by atoms with Crippen molar-refractivity contribution in [3.8, 4) is 0 Å². The summed E-state index contributed by atoms with van der Waals surface area (Å²) >= 11 is 0. The fourth-order valence-corrected chi connectivity index (χ4v) is 2.52. The third kappa shape index (κ3) is 3.36. The van der Waals surface area contributed by atoms with Crippen LogP contribution in [-0.2, 0) is 6.42 Å². The largest absolute Gasteiger partial charge is 0.294 e. The molecule has 2 aromatic rings. The number of hydrogen-bond donors (Lipinski definition) is 0. The quantitative estimate of drug-likeness (QED) is 0.731. The van der Waals surface area contributed by atoms with Gasteiger partial charge in [0.2, 0.25) is 0 Å². The van der Waals surface area contributed by atoms with E-state index < -0.39 is 0 Å². The molecule has 0 saturated heterocycles. The zero-order valence-electron chi connectivity index (χ0n) is 12.8. The van der Waals surface area contributed by atoms with Gasteiger partial charge in [-0.2, -0.15) is 0 Å². The fraction of sp³-hybridized carbons (Fsp3) is 0.316. The second-order valence-electron chi connectivity index (χ2n) is 5.66.